The van der Waals surface area contributed by atoms with Crippen molar-refractivity contribution in [2.75, 3.05) is 19.6 Å². The van der Waals surface area contributed by atoms with Gasteiger partial charge in [-0.1, -0.05) is 53.4 Å². The van der Waals surface area contributed by atoms with Crippen molar-refractivity contribution in [2.24, 2.45) is 11.3 Å². The minimum Gasteiger partial charge on any atom is -0.311 e. The number of nitrogens with zero attached hydrogens (tertiary/aromatic N) is 1. The van der Waals surface area contributed by atoms with Gasteiger partial charge < -0.3 is 5.32 Å². The predicted molar refractivity (Wildman–Crippen MR) is 92.7 cm³/mol. The molecule has 1 saturated heterocycles. The molecule has 1 saturated carbocycles. The van der Waals surface area contributed by atoms with Gasteiger partial charge in [-0.25, -0.2) is 0 Å². The first-order chi connectivity index (χ1) is 9.99. The lowest BCUT2D eigenvalue weighted by Gasteiger charge is -2.46. The molecule has 2 nitrogen and oxygen atoms in total. The number of hydrogen-bond donors (Lipinski definition) is 1. The summed E-state index contributed by atoms with van der Waals surface area (Å²) >= 11 is 0. The quantitative estimate of drug-likeness (QED) is 0.806. The fourth-order valence-corrected chi connectivity index (χ4v) is 4.16. The molecule has 21 heavy (non-hydrogen) atoms. The Morgan fingerprint density at radius 2 is 1.81 bits per heavy atom. The lowest BCUT2D eigenvalue weighted by Crippen LogP contribution is -2.59. The number of hydrogen-bond acceptors (Lipinski definition) is 2. The van der Waals surface area contributed by atoms with E-state index in [1.807, 2.05) is 0 Å². The molecule has 0 radical (unpaired) electrons. The molecule has 2 heteroatoms. The van der Waals surface area contributed by atoms with E-state index in [1.165, 1.54) is 71.0 Å². The van der Waals surface area contributed by atoms with Crippen LogP contribution in [0.1, 0.15) is 79.1 Å². The van der Waals surface area contributed by atoms with Crippen LogP contribution in [-0.4, -0.2) is 36.6 Å². The Kier molecular flexibility index (Phi) is 6.55. The number of nitrogens with one attached hydrogen (secondary N) is 1. The van der Waals surface area contributed by atoms with Crippen LogP contribution < -0.4 is 5.32 Å². The smallest absolute Gasteiger partial charge is 0.0249 e. The van der Waals surface area contributed by atoms with E-state index in [2.05, 4.69) is 37.9 Å². The molecule has 1 aliphatic heterocycles. The third kappa shape index (κ3) is 5.56. The summed E-state index contributed by atoms with van der Waals surface area (Å²) < 4.78 is 0. The van der Waals surface area contributed by atoms with Crippen LogP contribution in [0.3, 0.4) is 0 Å². The third-order valence-electron chi connectivity index (χ3n) is 5.52. The fourth-order valence-electron chi connectivity index (χ4n) is 4.16. The van der Waals surface area contributed by atoms with Gasteiger partial charge in [0.05, 0.1) is 0 Å². The van der Waals surface area contributed by atoms with Gasteiger partial charge in [-0.05, 0) is 43.6 Å². The lowest BCUT2D eigenvalue weighted by atomic mass is 9.81. The summed E-state index contributed by atoms with van der Waals surface area (Å²) in [7, 11) is 0. The van der Waals surface area contributed by atoms with E-state index in [9.17, 15) is 0 Å². The van der Waals surface area contributed by atoms with Gasteiger partial charge in [-0.15, -0.1) is 0 Å². The van der Waals surface area contributed by atoms with Crippen LogP contribution in [0, 0.1) is 11.3 Å². The zero-order valence-electron chi connectivity index (χ0n) is 15.0. The van der Waals surface area contributed by atoms with Gasteiger partial charge in [0.15, 0.2) is 0 Å². The average Bonchev–Trinajstić information content (AvgIpc) is 2.46. The highest BCUT2D eigenvalue weighted by atomic mass is 15.2. The van der Waals surface area contributed by atoms with E-state index >= 15 is 0 Å². The molecule has 0 bridgehead atoms. The molecule has 0 amide bonds. The van der Waals surface area contributed by atoms with Crippen molar-refractivity contribution < 1.29 is 0 Å². The Labute approximate surface area is 133 Å². The number of piperazine rings is 1. The summed E-state index contributed by atoms with van der Waals surface area (Å²) in [6, 6.07) is 1.54. The maximum atomic E-state index is 3.85. The zero-order chi connectivity index (χ0) is 15.3. The molecule has 2 unspecified atom stereocenters. The van der Waals surface area contributed by atoms with Gasteiger partial charge in [0, 0.05) is 25.2 Å². The van der Waals surface area contributed by atoms with Crippen LogP contribution in [-0.2, 0) is 0 Å². The summed E-state index contributed by atoms with van der Waals surface area (Å²) in [5.41, 5.74) is 0.461. The van der Waals surface area contributed by atoms with Crippen molar-refractivity contribution in [1.82, 2.24) is 10.2 Å². The van der Waals surface area contributed by atoms with Gasteiger partial charge in [-0.3, -0.25) is 4.90 Å². The van der Waals surface area contributed by atoms with Crippen molar-refractivity contribution in [2.45, 2.75) is 91.1 Å². The van der Waals surface area contributed by atoms with Gasteiger partial charge in [0.2, 0.25) is 0 Å². The van der Waals surface area contributed by atoms with Gasteiger partial charge in [-0.2, -0.15) is 0 Å². The van der Waals surface area contributed by atoms with Crippen LogP contribution in [0.25, 0.3) is 0 Å². The second-order valence-corrected chi connectivity index (χ2v) is 8.66. The molecule has 2 atom stereocenters. The highest BCUT2D eigenvalue weighted by molar-refractivity contribution is 4.91. The molecule has 124 valence electrons. The Hall–Kier alpha value is -0.0800. The van der Waals surface area contributed by atoms with Crippen molar-refractivity contribution >= 4 is 0 Å². The lowest BCUT2D eigenvalue weighted by molar-refractivity contribution is 0.0606. The molecule has 1 N–H and O–H groups in total. The van der Waals surface area contributed by atoms with Crippen molar-refractivity contribution in [3.8, 4) is 0 Å². The van der Waals surface area contributed by atoms with E-state index in [1.54, 1.807) is 0 Å². The Balaban J connectivity index is 1.95. The SMILES string of the molecule is CCCC1CN(CCC(C)(C)C)C(C2CCCCC2)CN1. The van der Waals surface area contributed by atoms with Crippen LogP contribution in [0.5, 0.6) is 0 Å². The van der Waals surface area contributed by atoms with Crippen LogP contribution in [0.2, 0.25) is 0 Å². The largest absolute Gasteiger partial charge is 0.311 e. The summed E-state index contributed by atoms with van der Waals surface area (Å²) in [5, 5.41) is 3.85. The highest BCUT2D eigenvalue weighted by Crippen LogP contribution is 2.31. The molecular weight excluding hydrogens is 256 g/mol. The fraction of sp³-hybridized carbons (Fsp3) is 1.00. The van der Waals surface area contributed by atoms with E-state index < -0.39 is 0 Å². The Morgan fingerprint density at radius 1 is 1.10 bits per heavy atom. The monoisotopic (exact) mass is 294 g/mol. The Bertz CT molecular complexity index is 288. The van der Waals surface area contributed by atoms with E-state index in [4.69, 9.17) is 0 Å². The average molecular weight is 295 g/mol. The second-order valence-electron chi connectivity index (χ2n) is 8.66. The van der Waals surface area contributed by atoms with E-state index in [0.717, 1.165) is 18.0 Å². The standard InChI is InChI=1S/C19H38N2/c1-5-9-17-15-21(13-12-19(2,3)4)18(14-20-17)16-10-7-6-8-11-16/h16-18,20H,5-15H2,1-4H3. The van der Waals surface area contributed by atoms with E-state index in [-0.39, 0.29) is 0 Å². The second kappa shape index (κ2) is 7.97. The van der Waals surface area contributed by atoms with Gasteiger partial charge >= 0.3 is 0 Å². The molecule has 0 spiro atoms. The summed E-state index contributed by atoms with van der Waals surface area (Å²) in [6.45, 7) is 13.3. The summed E-state index contributed by atoms with van der Waals surface area (Å²) in [6.07, 6.45) is 11.3. The molecular formula is C19H38N2. The van der Waals surface area contributed by atoms with Crippen LogP contribution in [0.4, 0.5) is 0 Å². The number of rotatable bonds is 5. The highest BCUT2D eigenvalue weighted by Gasteiger charge is 2.33. The maximum Gasteiger partial charge on any atom is 0.0249 e. The van der Waals surface area contributed by atoms with Crippen LogP contribution >= 0.6 is 0 Å². The van der Waals surface area contributed by atoms with Crippen molar-refractivity contribution in [3.05, 3.63) is 0 Å². The molecule has 2 rings (SSSR count). The molecule has 0 aromatic rings. The predicted octanol–water partition coefficient (Wildman–Crippen LogP) is 4.45. The first-order valence-corrected chi connectivity index (χ1v) is 9.47. The van der Waals surface area contributed by atoms with E-state index in [0.29, 0.717) is 5.41 Å². The van der Waals surface area contributed by atoms with Gasteiger partial charge in [0.25, 0.3) is 0 Å². The van der Waals surface area contributed by atoms with Gasteiger partial charge in [0.1, 0.15) is 0 Å². The maximum absolute atomic E-state index is 3.85. The van der Waals surface area contributed by atoms with Crippen molar-refractivity contribution in [1.29, 1.82) is 0 Å². The normalized spacial score (nSPS) is 29.7. The van der Waals surface area contributed by atoms with Crippen molar-refractivity contribution in [3.63, 3.8) is 0 Å². The Morgan fingerprint density at radius 3 is 2.43 bits per heavy atom. The van der Waals surface area contributed by atoms with Crippen LogP contribution in [0.15, 0.2) is 0 Å². The zero-order valence-corrected chi connectivity index (χ0v) is 15.0. The third-order valence-corrected chi connectivity index (χ3v) is 5.52. The summed E-state index contributed by atoms with van der Waals surface area (Å²) in [4.78, 5) is 2.86. The topological polar surface area (TPSA) is 15.3 Å². The minimum atomic E-state index is 0.461. The first-order valence-electron chi connectivity index (χ1n) is 9.47. The molecule has 0 aromatic carbocycles. The molecule has 2 fully saturated rings. The molecule has 1 aliphatic carbocycles. The first kappa shape index (κ1) is 17.3. The minimum absolute atomic E-state index is 0.461. The molecule has 1 heterocycles. The molecule has 2 aliphatic rings. The summed E-state index contributed by atoms with van der Waals surface area (Å²) in [5.74, 6) is 0.953. The molecule has 0 aromatic heterocycles.